The van der Waals surface area contributed by atoms with E-state index in [2.05, 4.69) is 30.9 Å². The van der Waals surface area contributed by atoms with Crippen molar-refractivity contribution in [3.8, 4) is 5.75 Å². The molecule has 1 heterocycles. The number of hydrogen-bond donors (Lipinski definition) is 1. The third-order valence-electron chi connectivity index (χ3n) is 4.74. The van der Waals surface area contributed by atoms with Gasteiger partial charge in [-0.3, -0.25) is 4.90 Å². The molecule has 112 valence electrons. The van der Waals surface area contributed by atoms with Gasteiger partial charge in [-0.25, -0.2) is 0 Å². The van der Waals surface area contributed by atoms with Crippen LogP contribution in [0.15, 0.2) is 24.3 Å². The van der Waals surface area contributed by atoms with Gasteiger partial charge in [0.1, 0.15) is 5.75 Å². The number of rotatable bonds is 6. The molecule has 3 heteroatoms. The lowest BCUT2D eigenvalue weighted by Gasteiger charge is -2.38. The quantitative estimate of drug-likeness (QED) is 0.868. The largest absolute Gasteiger partial charge is 0.497 e. The highest BCUT2D eigenvalue weighted by Crippen LogP contribution is 2.28. The highest BCUT2D eigenvalue weighted by molar-refractivity contribution is 5.27. The Morgan fingerprint density at radius 1 is 1.35 bits per heavy atom. The van der Waals surface area contributed by atoms with E-state index in [4.69, 9.17) is 10.5 Å². The van der Waals surface area contributed by atoms with Crippen LogP contribution in [0.5, 0.6) is 5.75 Å². The van der Waals surface area contributed by atoms with E-state index in [0.29, 0.717) is 0 Å². The summed E-state index contributed by atoms with van der Waals surface area (Å²) < 4.78 is 5.20. The van der Waals surface area contributed by atoms with Crippen LogP contribution in [0.2, 0.25) is 0 Å². The Bertz CT molecular complexity index is 418. The molecule has 0 amide bonds. The van der Waals surface area contributed by atoms with Crippen LogP contribution in [0.3, 0.4) is 0 Å². The number of benzene rings is 1. The van der Waals surface area contributed by atoms with Gasteiger partial charge in [-0.1, -0.05) is 19.1 Å². The van der Waals surface area contributed by atoms with Crippen molar-refractivity contribution in [3.05, 3.63) is 29.8 Å². The smallest absolute Gasteiger partial charge is 0.118 e. The van der Waals surface area contributed by atoms with Crippen molar-refractivity contribution in [1.82, 2.24) is 4.90 Å². The zero-order valence-electron chi connectivity index (χ0n) is 13.1. The summed E-state index contributed by atoms with van der Waals surface area (Å²) in [4.78, 5) is 2.58. The standard InChI is InChI=1S/C17H28N2O/c1-14-9-11-19(12-14)17(2,13-18)10-8-15-4-6-16(20-3)7-5-15/h4-7,14H,8-13,18H2,1-3H3. The van der Waals surface area contributed by atoms with Gasteiger partial charge in [0, 0.05) is 18.6 Å². The first-order valence-electron chi connectivity index (χ1n) is 7.65. The molecule has 2 atom stereocenters. The van der Waals surface area contributed by atoms with E-state index in [-0.39, 0.29) is 5.54 Å². The van der Waals surface area contributed by atoms with Crippen molar-refractivity contribution in [2.75, 3.05) is 26.7 Å². The van der Waals surface area contributed by atoms with Crippen molar-refractivity contribution in [1.29, 1.82) is 0 Å². The van der Waals surface area contributed by atoms with E-state index in [0.717, 1.165) is 31.1 Å². The highest BCUT2D eigenvalue weighted by atomic mass is 16.5. The molecule has 0 aromatic heterocycles. The molecule has 1 aromatic carbocycles. The third-order valence-corrected chi connectivity index (χ3v) is 4.74. The minimum atomic E-state index is 0.130. The lowest BCUT2D eigenvalue weighted by molar-refractivity contribution is 0.128. The van der Waals surface area contributed by atoms with Gasteiger partial charge in [0.2, 0.25) is 0 Å². The molecule has 0 aliphatic carbocycles. The van der Waals surface area contributed by atoms with Crippen molar-refractivity contribution in [2.24, 2.45) is 11.7 Å². The Kier molecular flexibility index (Phi) is 5.06. The molecule has 0 spiro atoms. The molecular weight excluding hydrogens is 248 g/mol. The fourth-order valence-corrected chi connectivity index (χ4v) is 3.02. The van der Waals surface area contributed by atoms with Crippen LogP contribution in [-0.4, -0.2) is 37.2 Å². The van der Waals surface area contributed by atoms with Crippen molar-refractivity contribution in [3.63, 3.8) is 0 Å². The third kappa shape index (κ3) is 3.53. The summed E-state index contributed by atoms with van der Waals surface area (Å²) >= 11 is 0. The molecule has 2 rings (SSSR count). The number of methoxy groups -OCH3 is 1. The van der Waals surface area contributed by atoms with Crippen molar-refractivity contribution < 1.29 is 4.74 Å². The van der Waals surface area contributed by atoms with Crippen LogP contribution in [0, 0.1) is 5.92 Å². The number of likely N-dealkylation sites (tertiary alicyclic amines) is 1. The topological polar surface area (TPSA) is 38.5 Å². The van der Waals surface area contributed by atoms with E-state index >= 15 is 0 Å². The van der Waals surface area contributed by atoms with Crippen LogP contribution in [-0.2, 0) is 6.42 Å². The molecule has 2 N–H and O–H groups in total. The maximum Gasteiger partial charge on any atom is 0.118 e. The molecule has 1 fully saturated rings. The lowest BCUT2D eigenvalue weighted by Crippen LogP contribution is -2.50. The summed E-state index contributed by atoms with van der Waals surface area (Å²) in [5.74, 6) is 1.73. The number of nitrogens with two attached hydrogens (primary N) is 1. The summed E-state index contributed by atoms with van der Waals surface area (Å²) in [7, 11) is 1.70. The fourth-order valence-electron chi connectivity index (χ4n) is 3.02. The number of hydrogen-bond acceptors (Lipinski definition) is 3. The summed E-state index contributed by atoms with van der Waals surface area (Å²) in [5.41, 5.74) is 7.57. The zero-order valence-corrected chi connectivity index (χ0v) is 13.1. The van der Waals surface area contributed by atoms with Gasteiger partial charge in [0.05, 0.1) is 7.11 Å². The van der Waals surface area contributed by atoms with Gasteiger partial charge in [0.25, 0.3) is 0 Å². The van der Waals surface area contributed by atoms with Crippen LogP contribution in [0.25, 0.3) is 0 Å². The second kappa shape index (κ2) is 6.59. The summed E-state index contributed by atoms with van der Waals surface area (Å²) in [6.07, 6.45) is 3.49. The summed E-state index contributed by atoms with van der Waals surface area (Å²) in [6, 6.07) is 8.38. The molecule has 1 aromatic rings. The van der Waals surface area contributed by atoms with E-state index < -0.39 is 0 Å². The van der Waals surface area contributed by atoms with Gasteiger partial charge in [0.15, 0.2) is 0 Å². The minimum absolute atomic E-state index is 0.130. The van der Waals surface area contributed by atoms with E-state index in [1.165, 1.54) is 25.1 Å². The minimum Gasteiger partial charge on any atom is -0.497 e. The predicted molar refractivity (Wildman–Crippen MR) is 84.1 cm³/mol. The maximum absolute atomic E-state index is 6.08. The molecule has 1 aliphatic rings. The monoisotopic (exact) mass is 276 g/mol. The fraction of sp³-hybridized carbons (Fsp3) is 0.647. The molecule has 0 bridgehead atoms. The first-order valence-corrected chi connectivity index (χ1v) is 7.65. The lowest BCUT2D eigenvalue weighted by atomic mass is 9.91. The Labute approximate surface area is 123 Å². The average Bonchev–Trinajstić information content (AvgIpc) is 2.92. The average molecular weight is 276 g/mol. The molecule has 1 aliphatic heterocycles. The molecule has 1 saturated heterocycles. The van der Waals surface area contributed by atoms with Crippen molar-refractivity contribution in [2.45, 2.75) is 38.6 Å². The number of aryl methyl sites for hydroxylation is 1. The van der Waals surface area contributed by atoms with E-state index in [1.807, 2.05) is 12.1 Å². The SMILES string of the molecule is COc1ccc(CCC(C)(CN)N2CCC(C)C2)cc1. The maximum atomic E-state index is 6.08. The first-order chi connectivity index (χ1) is 9.57. The Balaban J connectivity index is 1.95. The van der Waals surface area contributed by atoms with Crippen molar-refractivity contribution >= 4 is 0 Å². The first kappa shape index (κ1) is 15.3. The van der Waals surface area contributed by atoms with Crippen LogP contribution >= 0.6 is 0 Å². The molecule has 3 nitrogen and oxygen atoms in total. The highest BCUT2D eigenvalue weighted by Gasteiger charge is 2.34. The van der Waals surface area contributed by atoms with Gasteiger partial charge in [-0.2, -0.15) is 0 Å². The Morgan fingerprint density at radius 2 is 2.05 bits per heavy atom. The van der Waals surface area contributed by atoms with Gasteiger partial charge in [-0.15, -0.1) is 0 Å². The Morgan fingerprint density at radius 3 is 2.55 bits per heavy atom. The zero-order chi connectivity index (χ0) is 14.6. The molecule has 0 saturated carbocycles. The number of nitrogens with zero attached hydrogens (tertiary/aromatic N) is 1. The van der Waals surface area contributed by atoms with Gasteiger partial charge >= 0.3 is 0 Å². The van der Waals surface area contributed by atoms with E-state index in [1.54, 1.807) is 7.11 Å². The molecule has 20 heavy (non-hydrogen) atoms. The predicted octanol–water partition coefficient (Wildman–Crippen LogP) is 2.69. The Hall–Kier alpha value is -1.06. The van der Waals surface area contributed by atoms with E-state index in [9.17, 15) is 0 Å². The number of ether oxygens (including phenoxy) is 1. The normalized spacial score (nSPS) is 22.7. The second-order valence-electron chi connectivity index (χ2n) is 6.39. The van der Waals surface area contributed by atoms with Crippen LogP contribution in [0.4, 0.5) is 0 Å². The van der Waals surface area contributed by atoms with Gasteiger partial charge < -0.3 is 10.5 Å². The summed E-state index contributed by atoms with van der Waals surface area (Å²) in [5, 5.41) is 0. The molecule has 2 unspecified atom stereocenters. The molecular formula is C17H28N2O. The van der Waals surface area contributed by atoms with Gasteiger partial charge in [-0.05, 0) is 56.3 Å². The molecule has 0 radical (unpaired) electrons. The van der Waals surface area contributed by atoms with Crippen LogP contribution < -0.4 is 10.5 Å². The second-order valence-corrected chi connectivity index (χ2v) is 6.39. The summed E-state index contributed by atoms with van der Waals surface area (Å²) in [6.45, 7) is 7.76. The van der Waals surface area contributed by atoms with Crippen LogP contribution in [0.1, 0.15) is 32.3 Å².